The van der Waals surface area contributed by atoms with E-state index < -0.39 is 0 Å². The fourth-order valence-electron chi connectivity index (χ4n) is 2.60. The first-order valence-corrected chi connectivity index (χ1v) is 9.74. The Morgan fingerprint density at radius 2 is 1.62 bits per heavy atom. The van der Waals surface area contributed by atoms with Crippen LogP contribution < -0.4 is 0 Å². The lowest BCUT2D eigenvalue weighted by molar-refractivity contribution is -0.103. The third-order valence-corrected chi connectivity index (χ3v) is 4.18. The molecule has 5 nitrogen and oxygen atoms in total. The second kappa shape index (κ2) is 16.3. The normalized spacial score (nSPS) is 18.0. The molecule has 0 amide bonds. The Morgan fingerprint density at radius 3 is 2.29 bits per heavy atom. The van der Waals surface area contributed by atoms with Crippen molar-refractivity contribution in [1.29, 1.82) is 0 Å². The molecule has 0 aliphatic carbocycles. The van der Waals surface area contributed by atoms with Gasteiger partial charge in [0.1, 0.15) is 12.9 Å². The van der Waals surface area contributed by atoms with Crippen LogP contribution in [0.25, 0.3) is 0 Å². The SMILES string of the molecule is CCCCCCCCCC[C@@H](COCCOC[C@@H]1CO1)OCOC. The zero-order valence-electron chi connectivity index (χ0n) is 15.8. The molecule has 1 fully saturated rings. The van der Waals surface area contributed by atoms with Gasteiger partial charge in [-0.3, -0.25) is 0 Å². The van der Waals surface area contributed by atoms with E-state index in [1.807, 2.05) is 0 Å². The van der Waals surface area contributed by atoms with Crippen molar-refractivity contribution >= 4 is 0 Å². The number of hydrogen-bond donors (Lipinski definition) is 0. The van der Waals surface area contributed by atoms with Crippen LogP contribution in [0.3, 0.4) is 0 Å². The van der Waals surface area contributed by atoms with E-state index in [-0.39, 0.29) is 6.10 Å². The average molecular weight is 347 g/mol. The summed E-state index contributed by atoms with van der Waals surface area (Å²) >= 11 is 0. The van der Waals surface area contributed by atoms with Gasteiger partial charge in [-0.05, 0) is 6.42 Å². The van der Waals surface area contributed by atoms with Gasteiger partial charge in [-0.15, -0.1) is 0 Å². The second-order valence-electron chi connectivity index (χ2n) is 6.56. The topological polar surface area (TPSA) is 49.5 Å². The van der Waals surface area contributed by atoms with E-state index in [1.165, 1.54) is 51.4 Å². The number of ether oxygens (including phenoxy) is 5. The van der Waals surface area contributed by atoms with Crippen molar-refractivity contribution in [3.05, 3.63) is 0 Å². The lowest BCUT2D eigenvalue weighted by atomic mass is 10.1. The maximum atomic E-state index is 5.70. The molecule has 0 saturated carbocycles. The predicted octanol–water partition coefficient (Wildman–Crippen LogP) is 3.94. The van der Waals surface area contributed by atoms with Crippen molar-refractivity contribution in [2.75, 3.05) is 46.9 Å². The molecule has 0 aromatic carbocycles. The van der Waals surface area contributed by atoms with Gasteiger partial charge in [0.15, 0.2) is 0 Å². The molecule has 0 aromatic heterocycles. The third-order valence-electron chi connectivity index (χ3n) is 4.18. The maximum absolute atomic E-state index is 5.70. The number of hydrogen-bond acceptors (Lipinski definition) is 5. The number of methoxy groups -OCH3 is 1. The van der Waals surface area contributed by atoms with Gasteiger partial charge in [-0.2, -0.15) is 0 Å². The molecule has 5 heteroatoms. The van der Waals surface area contributed by atoms with E-state index in [4.69, 9.17) is 23.7 Å². The zero-order valence-corrected chi connectivity index (χ0v) is 15.8. The Hall–Kier alpha value is -0.200. The van der Waals surface area contributed by atoms with Crippen LogP contribution in [0.1, 0.15) is 64.7 Å². The fraction of sp³-hybridized carbons (Fsp3) is 1.00. The summed E-state index contributed by atoms with van der Waals surface area (Å²) in [6.45, 7) is 5.96. The smallest absolute Gasteiger partial charge is 0.146 e. The summed E-state index contributed by atoms with van der Waals surface area (Å²) in [6, 6.07) is 0. The van der Waals surface area contributed by atoms with Gasteiger partial charge in [0.05, 0.1) is 39.1 Å². The second-order valence-corrected chi connectivity index (χ2v) is 6.56. The molecule has 0 unspecified atom stereocenters. The summed E-state index contributed by atoms with van der Waals surface area (Å²) in [7, 11) is 1.65. The van der Waals surface area contributed by atoms with Gasteiger partial charge in [0.2, 0.25) is 0 Å². The van der Waals surface area contributed by atoms with Crippen LogP contribution in [0.2, 0.25) is 0 Å². The molecule has 0 radical (unpaired) electrons. The standard InChI is InChI=1S/C19H38O5/c1-3-4-5-6-7-8-9-10-11-18(24-17-20-2)14-21-12-13-22-15-19-16-23-19/h18-19H,3-17H2,1-2H3/t18-,19+/m0/s1. The summed E-state index contributed by atoms with van der Waals surface area (Å²) in [5.74, 6) is 0. The fourth-order valence-corrected chi connectivity index (χ4v) is 2.60. The minimum Gasteiger partial charge on any atom is -0.376 e. The van der Waals surface area contributed by atoms with E-state index in [0.29, 0.717) is 39.3 Å². The van der Waals surface area contributed by atoms with Gasteiger partial charge < -0.3 is 23.7 Å². The lowest BCUT2D eigenvalue weighted by Gasteiger charge is -2.17. The molecule has 1 saturated heterocycles. The van der Waals surface area contributed by atoms with Crippen LogP contribution in [-0.4, -0.2) is 59.1 Å². The van der Waals surface area contributed by atoms with Crippen LogP contribution in [-0.2, 0) is 23.7 Å². The molecule has 1 aliphatic rings. The van der Waals surface area contributed by atoms with Crippen LogP contribution in [0.15, 0.2) is 0 Å². The third kappa shape index (κ3) is 14.2. The Labute approximate surface area is 148 Å². The van der Waals surface area contributed by atoms with E-state index in [2.05, 4.69) is 6.92 Å². The summed E-state index contributed by atoms with van der Waals surface area (Å²) in [5, 5.41) is 0. The first kappa shape index (κ1) is 21.8. The molecule has 144 valence electrons. The number of epoxide rings is 1. The highest BCUT2D eigenvalue weighted by Crippen LogP contribution is 2.12. The number of rotatable bonds is 19. The molecular weight excluding hydrogens is 308 g/mol. The monoisotopic (exact) mass is 346 g/mol. The molecule has 0 aromatic rings. The molecule has 0 N–H and O–H groups in total. The summed E-state index contributed by atoms with van der Waals surface area (Å²) < 4.78 is 26.9. The molecule has 0 bridgehead atoms. The highest BCUT2D eigenvalue weighted by molar-refractivity contribution is 4.67. The summed E-state index contributed by atoms with van der Waals surface area (Å²) in [5.41, 5.74) is 0. The quantitative estimate of drug-likeness (QED) is 0.201. The Morgan fingerprint density at radius 1 is 0.958 bits per heavy atom. The predicted molar refractivity (Wildman–Crippen MR) is 95.4 cm³/mol. The minimum absolute atomic E-state index is 0.122. The van der Waals surface area contributed by atoms with Crippen molar-refractivity contribution in [3.8, 4) is 0 Å². The minimum atomic E-state index is 0.122. The van der Waals surface area contributed by atoms with Gasteiger partial charge in [-0.1, -0.05) is 58.3 Å². The van der Waals surface area contributed by atoms with E-state index in [1.54, 1.807) is 7.11 Å². The highest BCUT2D eigenvalue weighted by atomic mass is 16.7. The molecule has 2 atom stereocenters. The summed E-state index contributed by atoms with van der Waals surface area (Å²) in [6.07, 6.45) is 12.1. The zero-order chi connectivity index (χ0) is 17.3. The average Bonchev–Trinajstić information content (AvgIpc) is 3.41. The first-order chi connectivity index (χ1) is 11.9. The maximum Gasteiger partial charge on any atom is 0.146 e. The van der Waals surface area contributed by atoms with Crippen LogP contribution >= 0.6 is 0 Å². The lowest BCUT2D eigenvalue weighted by Crippen LogP contribution is -2.22. The molecule has 1 rings (SSSR count). The van der Waals surface area contributed by atoms with Crippen LogP contribution in [0, 0.1) is 0 Å². The Kier molecular flexibility index (Phi) is 14.8. The first-order valence-electron chi connectivity index (χ1n) is 9.74. The van der Waals surface area contributed by atoms with Crippen molar-refractivity contribution < 1.29 is 23.7 Å². The van der Waals surface area contributed by atoms with Gasteiger partial charge in [0.25, 0.3) is 0 Å². The van der Waals surface area contributed by atoms with Crippen molar-refractivity contribution in [1.82, 2.24) is 0 Å². The Balaban J connectivity index is 1.93. The van der Waals surface area contributed by atoms with Gasteiger partial charge in [-0.25, -0.2) is 0 Å². The van der Waals surface area contributed by atoms with E-state index >= 15 is 0 Å². The van der Waals surface area contributed by atoms with Crippen molar-refractivity contribution in [3.63, 3.8) is 0 Å². The largest absolute Gasteiger partial charge is 0.376 e. The van der Waals surface area contributed by atoms with E-state index in [9.17, 15) is 0 Å². The van der Waals surface area contributed by atoms with E-state index in [0.717, 1.165) is 13.0 Å². The Bertz CT molecular complexity index is 258. The van der Waals surface area contributed by atoms with Crippen molar-refractivity contribution in [2.45, 2.75) is 76.9 Å². The number of unbranched alkanes of at least 4 members (excludes halogenated alkanes) is 7. The van der Waals surface area contributed by atoms with Gasteiger partial charge >= 0.3 is 0 Å². The van der Waals surface area contributed by atoms with Crippen LogP contribution in [0.5, 0.6) is 0 Å². The molecule has 0 spiro atoms. The summed E-state index contributed by atoms with van der Waals surface area (Å²) in [4.78, 5) is 0. The van der Waals surface area contributed by atoms with Crippen LogP contribution in [0.4, 0.5) is 0 Å². The van der Waals surface area contributed by atoms with Crippen molar-refractivity contribution in [2.24, 2.45) is 0 Å². The molecule has 1 aliphatic heterocycles. The van der Waals surface area contributed by atoms with Gasteiger partial charge in [0, 0.05) is 7.11 Å². The molecule has 24 heavy (non-hydrogen) atoms. The molecule has 1 heterocycles. The highest BCUT2D eigenvalue weighted by Gasteiger charge is 2.22. The molecular formula is C19H38O5.